The lowest BCUT2D eigenvalue weighted by molar-refractivity contribution is -0.121. The molecule has 0 unspecified atom stereocenters. The predicted octanol–water partition coefficient (Wildman–Crippen LogP) is 5.09. The molecule has 3 rings (SSSR count). The highest BCUT2D eigenvalue weighted by Gasteiger charge is 2.13. The van der Waals surface area contributed by atoms with Crippen LogP contribution in [0.2, 0.25) is 10.0 Å². The van der Waals surface area contributed by atoms with E-state index in [9.17, 15) is 4.79 Å². The maximum absolute atomic E-state index is 12.2. The van der Waals surface area contributed by atoms with Gasteiger partial charge in [0, 0.05) is 30.0 Å². The monoisotopic (exact) mass is 463 g/mol. The fourth-order valence-corrected chi connectivity index (χ4v) is 3.34. The van der Waals surface area contributed by atoms with E-state index < -0.39 is 0 Å². The van der Waals surface area contributed by atoms with Gasteiger partial charge in [-0.3, -0.25) is 4.79 Å². The smallest absolute Gasteiger partial charge is 0.226 e. The summed E-state index contributed by atoms with van der Waals surface area (Å²) in [6.45, 7) is 2.69. The molecule has 164 valence electrons. The average Bonchev–Trinajstić information content (AvgIpc) is 3.23. The third kappa shape index (κ3) is 6.35. The van der Waals surface area contributed by atoms with Gasteiger partial charge in [0.05, 0.1) is 18.7 Å². The number of amides is 1. The molecule has 1 heterocycles. The average molecular weight is 464 g/mol. The Morgan fingerprint density at radius 1 is 1.19 bits per heavy atom. The van der Waals surface area contributed by atoms with Gasteiger partial charge in [0.2, 0.25) is 17.6 Å². The molecule has 0 aliphatic carbocycles. The van der Waals surface area contributed by atoms with E-state index in [1.807, 2.05) is 19.1 Å². The van der Waals surface area contributed by atoms with Gasteiger partial charge in [-0.25, -0.2) is 0 Å². The Morgan fingerprint density at radius 3 is 2.68 bits per heavy atom. The zero-order valence-corrected chi connectivity index (χ0v) is 18.8. The molecule has 1 aromatic heterocycles. The fraction of sp³-hybridized carbons (Fsp3) is 0.318. The Labute approximate surface area is 190 Å². The highest BCUT2D eigenvalue weighted by atomic mass is 35.5. The Hall–Kier alpha value is -2.77. The molecule has 0 saturated heterocycles. The van der Waals surface area contributed by atoms with Crippen LogP contribution in [0.5, 0.6) is 11.5 Å². The second-order valence-corrected chi connectivity index (χ2v) is 7.53. The van der Waals surface area contributed by atoms with Crippen LogP contribution in [0.1, 0.15) is 31.2 Å². The van der Waals surface area contributed by atoms with Crippen molar-refractivity contribution >= 4 is 29.1 Å². The van der Waals surface area contributed by atoms with Crippen LogP contribution in [-0.4, -0.2) is 29.8 Å². The molecular formula is C22H23Cl2N3O4. The van der Waals surface area contributed by atoms with Crippen molar-refractivity contribution in [3.63, 3.8) is 0 Å². The second kappa shape index (κ2) is 11.0. The van der Waals surface area contributed by atoms with Gasteiger partial charge >= 0.3 is 0 Å². The van der Waals surface area contributed by atoms with Crippen LogP contribution in [0.15, 0.2) is 40.9 Å². The molecule has 0 fully saturated rings. The fourth-order valence-electron chi connectivity index (χ4n) is 2.92. The first-order valence-electron chi connectivity index (χ1n) is 9.84. The lowest BCUT2D eigenvalue weighted by Crippen LogP contribution is -2.22. The molecule has 9 heteroatoms. The molecule has 31 heavy (non-hydrogen) atoms. The van der Waals surface area contributed by atoms with E-state index in [4.69, 9.17) is 37.2 Å². The van der Waals surface area contributed by atoms with E-state index in [1.54, 1.807) is 31.4 Å². The summed E-state index contributed by atoms with van der Waals surface area (Å²) in [7, 11) is 1.55. The maximum atomic E-state index is 12.2. The SMILES string of the molecule is CCOc1c(Cl)cc(CNC(=O)CCCc2nc(-c3ccc(Cl)cc3)no2)cc1OC. The van der Waals surface area contributed by atoms with Crippen LogP contribution in [0.25, 0.3) is 11.4 Å². The molecule has 0 aliphatic rings. The molecule has 7 nitrogen and oxygen atoms in total. The number of aromatic nitrogens is 2. The summed E-state index contributed by atoms with van der Waals surface area (Å²) in [5, 5.41) is 7.93. The topological polar surface area (TPSA) is 86.5 Å². The minimum atomic E-state index is -0.0820. The number of hydrogen-bond donors (Lipinski definition) is 1. The molecule has 0 aliphatic heterocycles. The van der Waals surface area contributed by atoms with Crippen molar-refractivity contribution in [2.45, 2.75) is 32.7 Å². The summed E-state index contributed by atoms with van der Waals surface area (Å²) in [6.07, 6.45) is 1.43. The summed E-state index contributed by atoms with van der Waals surface area (Å²) < 4.78 is 16.1. The molecular weight excluding hydrogens is 441 g/mol. The highest BCUT2D eigenvalue weighted by molar-refractivity contribution is 6.32. The predicted molar refractivity (Wildman–Crippen MR) is 119 cm³/mol. The molecule has 1 amide bonds. The number of carbonyl (C=O) groups excluding carboxylic acids is 1. The van der Waals surface area contributed by atoms with Crippen LogP contribution in [0, 0.1) is 0 Å². The van der Waals surface area contributed by atoms with E-state index in [0.29, 0.717) is 65.7 Å². The van der Waals surface area contributed by atoms with E-state index in [2.05, 4.69) is 15.5 Å². The molecule has 0 atom stereocenters. The highest BCUT2D eigenvalue weighted by Crippen LogP contribution is 2.36. The minimum Gasteiger partial charge on any atom is -0.493 e. The van der Waals surface area contributed by atoms with Crippen LogP contribution in [0.4, 0.5) is 0 Å². The van der Waals surface area contributed by atoms with E-state index in [-0.39, 0.29) is 5.91 Å². The maximum Gasteiger partial charge on any atom is 0.226 e. The zero-order chi connectivity index (χ0) is 22.2. The van der Waals surface area contributed by atoms with Gasteiger partial charge in [-0.05, 0) is 55.3 Å². The number of benzene rings is 2. The molecule has 0 spiro atoms. The Bertz CT molecular complexity index is 1020. The number of nitrogens with zero attached hydrogens (tertiary/aromatic N) is 2. The van der Waals surface area contributed by atoms with Gasteiger partial charge in [-0.1, -0.05) is 28.4 Å². The number of aryl methyl sites for hydroxylation is 1. The summed E-state index contributed by atoms with van der Waals surface area (Å²) >= 11 is 12.2. The van der Waals surface area contributed by atoms with E-state index in [0.717, 1.165) is 11.1 Å². The lowest BCUT2D eigenvalue weighted by Gasteiger charge is -2.13. The van der Waals surface area contributed by atoms with Gasteiger partial charge in [-0.2, -0.15) is 4.98 Å². The van der Waals surface area contributed by atoms with Crippen LogP contribution >= 0.6 is 23.2 Å². The first kappa shape index (κ1) is 22.9. The number of nitrogens with one attached hydrogen (secondary N) is 1. The first-order valence-corrected chi connectivity index (χ1v) is 10.6. The number of halogens is 2. The van der Waals surface area contributed by atoms with Crippen LogP contribution in [0.3, 0.4) is 0 Å². The molecule has 0 saturated carbocycles. The van der Waals surface area contributed by atoms with Crippen molar-refractivity contribution in [3.8, 4) is 22.9 Å². The Morgan fingerprint density at radius 2 is 1.97 bits per heavy atom. The van der Waals surface area contributed by atoms with Gasteiger partial charge < -0.3 is 19.3 Å². The first-order chi connectivity index (χ1) is 15.0. The van der Waals surface area contributed by atoms with Crippen LogP contribution in [-0.2, 0) is 17.8 Å². The van der Waals surface area contributed by atoms with Crippen molar-refractivity contribution in [2.24, 2.45) is 0 Å². The second-order valence-electron chi connectivity index (χ2n) is 6.69. The lowest BCUT2D eigenvalue weighted by atomic mass is 10.2. The van der Waals surface area contributed by atoms with Crippen LogP contribution < -0.4 is 14.8 Å². The summed E-state index contributed by atoms with van der Waals surface area (Å²) in [5.41, 5.74) is 1.64. The largest absolute Gasteiger partial charge is 0.493 e. The van der Waals surface area contributed by atoms with Crippen molar-refractivity contribution < 1.29 is 18.8 Å². The van der Waals surface area contributed by atoms with Crippen molar-refractivity contribution in [1.82, 2.24) is 15.5 Å². The standard InChI is InChI=1S/C22H23Cl2N3O4/c1-3-30-21-17(24)11-14(12-18(21)29-2)13-25-19(28)5-4-6-20-26-22(27-31-20)15-7-9-16(23)10-8-15/h7-12H,3-6,13H2,1-2H3,(H,25,28). The van der Waals surface area contributed by atoms with Gasteiger partial charge in [-0.15, -0.1) is 0 Å². The molecule has 0 bridgehead atoms. The number of rotatable bonds is 10. The number of hydrogen-bond acceptors (Lipinski definition) is 6. The summed E-state index contributed by atoms with van der Waals surface area (Å²) in [6, 6.07) is 10.7. The number of methoxy groups -OCH3 is 1. The van der Waals surface area contributed by atoms with Crippen molar-refractivity contribution in [1.29, 1.82) is 0 Å². The normalized spacial score (nSPS) is 10.7. The Balaban J connectivity index is 1.47. The molecule has 3 aromatic rings. The molecule has 2 aromatic carbocycles. The quantitative estimate of drug-likeness (QED) is 0.450. The van der Waals surface area contributed by atoms with Crippen molar-refractivity contribution in [3.05, 3.63) is 57.9 Å². The molecule has 1 N–H and O–H groups in total. The van der Waals surface area contributed by atoms with Gasteiger partial charge in [0.1, 0.15) is 0 Å². The molecule has 0 radical (unpaired) electrons. The minimum absolute atomic E-state index is 0.0820. The number of carbonyl (C=O) groups is 1. The summed E-state index contributed by atoms with van der Waals surface area (Å²) in [5.74, 6) is 1.94. The van der Waals surface area contributed by atoms with E-state index in [1.165, 1.54) is 0 Å². The van der Waals surface area contributed by atoms with Gasteiger partial charge in [0.15, 0.2) is 11.5 Å². The Kier molecular flexibility index (Phi) is 8.14. The summed E-state index contributed by atoms with van der Waals surface area (Å²) in [4.78, 5) is 16.6. The number of ether oxygens (including phenoxy) is 2. The van der Waals surface area contributed by atoms with Gasteiger partial charge in [0.25, 0.3) is 0 Å². The zero-order valence-electron chi connectivity index (χ0n) is 17.3. The van der Waals surface area contributed by atoms with Crippen molar-refractivity contribution in [2.75, 3.05) is 13.7 Å². The van der Waals surface area contributed by atoms with E-state index >= 15 is 0 Å². The third-order valence-corrected chi connectivity index (χ3v) is 4.97. The third-order valence-electron chi connectivity index (χ3n) is 4.43.